The van der Waals surface area contributed by atoms with E-state index in [0.717, 1.165) is 36.0 Å². The van der Waals surface area contributed by atoms with Gasteiger partial charge in [0.25, 0.3) is 0 Å². The van der Waals surface area contributed by atoms with Crippen molar-refractivity contribution in [2.75, 3.05) is 17.6 Å². The average Bonchev–Trinajstić information content (AvgIpc) is 2.93. The smallest absolute Gasteiger partial charge is 0.142 e. The molecule has 0 amide bonds. The first-order valence-electron chi connectivity index (χ1n) is 6.32. The molecule has 0 atom stereocenters. The molecule has 4 N–H and O–H groups in total. The van der Waals surface area contributed by atoms with Crippen LogP contribution >= 0.6 is 11.5 Å². The fourth-order valence-corrected chi connectivity index (χ4v) is 2.92. The van der Waals surface area contributed by atoms with Gasteiger partial charge in [-0.05, 0) is 36.7 Å². The van der Waals surface area contributed by atoms with Crippen LogP contribution < -0.4 is 11.1 Å². The highest BCUT2D eigenvalue weighted by atomic mass is 32.1. The minimum absolute atomic E-state index is 0.649. The third kappa shape index (κ3) is 2.48. The van der Waals surface area contributed by atoms with Gasteiger partial charge < -0.3 is 16.0 Å². The molecule has 6 heteroatoms. The summed E-state index contributed by atoms with van der Waals surface area (Å²) >= 11 is 1.48. The number of aromatic amines is 1. The highest BCUT2D eigenvalue weighted by molar-refractivity contribution is 7.10. The van der Waals surface area contributed by atoms with Crippen LogP contribution in [-0.2, 0) is 6.42 Å². The van der Waals surface area contributed by atoms with E-state index in [9.17, 15) is 0 Å². The summed E-state index contributed by atoms with van der Waals surface area (Å²) < 4.78 is 4.24. The summed E-state index contributed by atoms with van der Waals surface area (Å²) in [4.78, 5) is 7.32. The number of hydrogen-bond donors (Lipinski definition) is 3. The molecule has 0 aliphatic heterocycles. The zero-order valence-corrected chi connectivity index (χ0v) is 11.0. The third-order valence-electron chi connectivity index (χ3n) is 3.17. The van der Waals surface area contributed by atoms with Crippen molar-refractivity contribution in [2.24, 2.45) is 0 Å². The summed E-state index contributed by atoms with van der Waals surface area (Å²) in [6, 6.07) is 0. The van der Waals surface area contributed by atoms with E-state index in [0.29, 0.717) is 5.92 Å². The van der Waals surface area contributed by atoms with E-state index >= 15 is 0 Å². The number of nitrogen functional groups attached to an aromatic ring is 1. The van der Waals surface area contributed by atoms with Gasteiger partial charge >= 0.3 is 0 Å². The van der Waals surface area contributed by atoms with Gasteiger partial charge in [-0.3, -0.25) is 0 Å². The Morgan fingerprint density at radius 3 is 3.11 bits per heavy atom. The van der Waals surface area contributed by atoms with Gasteiger partial charge in [0.1, 0.15) is 16.6 Å². The number of nitrogens with one attached hydrogen (secondary N) is 2. The van der Waals surface area contributed by atoms with Crippen molar-refractivity contribution in [3.05, 3.63) is 23.8 Å². The van der Waals surface area contributed by atoms with Crippen LogP contribution in [0.5, 0.6) is 0 Å². The molecule has 96 valence electrons. The number of anilines is 2. The van der Waals surface area contributed by atoms with E-state index in [1.807, 2.05) is 6.20 Å². The van der Waals surface area contributed by atoms with Gasteiger partial charge in [-0.1, -0.05) is 0 Å². The molecule has 0 radical (unpaired) electrons. The summed E-state index contributed by atoms with van der Waals surface area (Å²) in [5.74, 6) is 2.41. The van der Waals surface area contributed by atoms with Crippen molar-refractivity contribution in [1.82, 2.24) is 14.3 Å². The second-order valence-corrected chi connectivity index (χ2v) is 5.42. The Morgan fingerprint density at radius 1 is 1.50 bits per heavy atom. The van der Waals surface area contributed by atoms with Crippen molar-refractivity contribution in [1.29, 1.82) is 0 Å². The molecule has 0 spiro atoms. The maximum atomic E-state index is 5.91. The predicted octanol–water partition coefficient (Wildman–Crippen LogP) is 2.37. The lowest BCUT2D eigenvalue weighted by atomic mass is 10.2. The zero-order chi connectivity index (χ0) is 12.4. The lowest BCUT2D eigenvalue weighted by molar-refractivity contribution is 0.817. The van der Waals surface area contributed by atoms with Gasteiger partial charge in [-0.15, -0.1) is 0 Å². The van der Waals surface area contributed by atoms with Gasteiger partial charge in [0.05, 0.1) is 0 Å². The molecule has 1 saturated carbocycles. The summed E-state index contributed by atoms with van der Waals surface area (Å²) in [5.41, 5.74) is 7.16. The summed E-state index contributed by atoms with van der Waals surface area (Å²) in [7, 11) is 0. The maximum Gasteiger partial charge on any atom is 0.142 e. The fourth-order valence-electron chi connectivity index (χ4n) is 2.10. The molecule has 1 aliphatic rings. The Morgan fingerprint density at radius 2 is 2.39 bits per heavy atom. The highest BCUT2D eigenvalue weighted by Crippen LogP contribution is 2.47. The normalized spacial score (nSPS) is 14.9. The van der Waals surface area contributed by atoms with E-state index < -0.39 is 0 Å². The first-order chi connectivity index (χ1) is 8.84. The summed E-state index contributed by atoms with van der Waals surface area (Å²) in [5, 5.41) is 4.61. The molecule has 5 nitrogen and oxygen atoms in total. The Kier molecular flexibility index (Phi) is 3.19. The standard InChI is InChI=1S/C12H17N5S/c13-11-10(8-3-4-8)12(18-17-11)16-5-1-2-9-14-6-7-15-9/h6-8,16H,1-5H2,(H2,13,17)(H,14,15). The Hall–Kier alpha value is -1.56. The molecule has 1 fully saturated rings. The summed E-state index contributed by atoms with van der Waals surface area (Å²) in [6.07, 6.45) is 8.17. The molecule has 2 aromatic rings. The molecule has 0 aromatic carbocycles. The topological polar surface area (TPSA) is 79.6 Å². The van der Waals surface area contributed by atoms with Crippen LogP contribution in [0.25, 0.3) is 0 Å². The van der Waals surface area contributed by atoms with Gasteiger partial charge in [0, 0.05) is 30.9 Å². The molecule has 18 heavy (non-hydrogen) atoms. The van der Waals surface area contributed by atoms with Crippen LogP contribution in [0.2, 0.25) is 0 Å². The SMILES string of the molecule is Nc1nsc(NCCCc2ncc[nH]2)c1C1CC1. The molecular formula is C12H17N5S. The van der Waals surface area contributed by atoms with Crippen molar-refractivity contribution in [2.45, 2.75) is 31.6 Å². The number of imidazole rings is 1. The van der Waals surface area contributed by atoms with Crippen LogP contribution in [0.15, 0.2) is 12.4 Å². The minimum Gasteiger partial charge on any atom is -0.383 e. The second kappa shape index (κ2) is 4.97. The quantitative estimate of drug-likeness (QED) is 0.699. The van der Waals surface area contributed by atoms with Crippen LogP contribution in [0.3, 0.4) is 0 Å². The Labute approximate surface area is 110 Å². The lowest BCUT2D eigenvalue weighted by Crippen LogP contribution is -2.04. The van der Waals surface area contributed by atoms with Crippen LogP contribution in [0, 0.1) is 0 Å². The van der Waals surface area contributed by atoms with Gasteiger partial charge in [-0.25, -0.2) is 4.98 Å². The number of nitrogens with two attached hydrogens (primary N) is 1. The number of hydrogen-bond acceptors (Lipinski definition) is 5. The largest absolute Gasteiger partial charge is 0.383 e. The van der Waals surface area contributed by atoms with E-state index in [2.05, 4.69) is 19.7 Å². The first-order valence-corrected chi connectivity index (χ1v) is 7.09. The number of rotatable bonds is 6. The second-order valence-electron chi connectivity index (χ2n) is 4.65. The van der Waals surface area contributed by atoms with E-state index in [-0.39, 0.29) is 0 Å². The van der Waals surface area contributed by atoms with E-state index in [1.165, 1.54) is 29.9 Å². The number of H-pyrrole nitrogens is 1. The van der Waals surface area contributed by atoms with E-state index in [4.69, 9.17) is 5.73 Å². The third-order valence-corrected chi connectivity index (χ3v) is 4.01. The molecule has 3 rings (SSSR count). The Bertz CT molecular complexity index is 501. The maximum absolute atomic E-state index is 5.91. The van der Waals surface area contributed by atoms with Gasteiger partial charge in [0.15, 0.2) is 0 Å². The fraction of sp³-hybridized carbons (Fsp3) is 0.500. The molecule has 2 heterocycles. The Balaban J connectivity index is 1.51. The van der Waals surface area contributed by atoms with Crippen molar-refractivity contribution in [3.63, 3.8) is 0 Å². The average molecular weight is 263 g/mol. The molecule has 1 aliphatic carbocycles. The highest BCUT2D eigenvalue weighted by Gasteiger charge is 2.30. The molecule has 0 unspecified atom stereocenters. The number of aryl methyl sites for hydroxylation is 1. The first kappa shape index (κ1) is 11.5. The molecular weight excluding hydrogens is 246 g/mol. The minimum atomic E-state index is 0.649. The van der Waals surface area contributed by atoms with Crippen LogP contribution in [0.1, 0.15) is 36.6 Å². The predicted molar refractivity (Wildman–Crippen MR) is 73.9 cm³/mol. The van der Waals surface area contributed by atoms with E-state index in [1.54, 1.807) is 6.20 Å². The zero-order valence-electron chi connectivity index (χ0n) is 10.1. The molecule has 0 bridgehead atoms. The van der Waals surface area contributed by atoms with Gasteiger partial charge in [-0.2, -0.15) is 4.37 Å². The van der Waals surface area contributed by atoms with Crippen LogP contribution in [0.4, 0.5) is 10.8 Å². The van der Waals surface area contributed by atoms with Crippen molar-refractivity contribution < 1.29 is 0 Å². The monoisotopic (exact) mass is 263 g/mol. The van der Waals surface area contributed by atoms with Crippen LogP contribution in [-0.4, -0.2) is 20.9 Å². The number of aromatic nitrogens is 3. The summed E-state index contributed by atoms with van der Waals surface area (Å²) in [6.45, 7) is 0.933. The van der Waals surface area contributed by atoms with Crippen molar-refractivity contribution >= 4 is 22.4 Å². The molecule has 2 aromatic heterocycles. The van der Waals surface area contributed by atoms with Crippen molar-refractivity contribution in [3.8, 4) is 0 Å². The number of nitrogens with zero attached hydrogens (tertiary/aromatic N) is 2. The molecule has 0 saturated heterocycles. The lowest BCUT2D eigenvalue weighted by Gasteiger charge is -2.05. The van der Waals surface area contributed by atoms with Gasteiger partial charge in [0.2, 0.25) is 0 Å².